The third-order valence-electron chi connectivity index (χ3n) is 2.62. The van der Waals surface area contributed by atoms with E-state index < -0.39 is 6.10 Å². The summed E-state index contributed by atoms with van der Waals surface area (Å²) in [5, 5.41) is 15.0. The number of rotatable bonds is 3. The smallest absolute Gasteiger partial charge is 0.237 e. The number of hydrogen-bond acceptors (Lipinski definition) is 3. The van der Waals surface area contributed by atoms with Gasteiger partial charge in [-0.2, -0.15) is 0 Å². The fraction of sp³-hybridized carbons (Fsp3) is 0.900. The lowest BCUT2D eigenvalue weighted by atomic mass is 9.92. The second-order valence-corrected chi connectivity index (χ2v) is 4.15. The highest BCUT2D eigenvalue weighted by Gasteiger charge is 2.26. The average molecular weight is 200 g/mol. The Labute approximate surface area is 85.1 Å². The van der Waals surface area contributed by atoms with Crippen LogP contribution in [0.15, 0.2) is 0 Å². The fourth-order valence-corrected chi connectivity index (χ4v) is 1.76. The van der Waals surface area contributed by atoms with Gasteiger partial charge in [-0.15, -0.1) is 0 Å². The van der Waals surface area contributed by atoms with Crippen LogP contribution in [0.4, 0.5) is 0 Å². The SMILES string of the molecule is CC1CCCNC1C(=O)NC[C@H](C)O. The molecule has 82 valence electrons. The lowest BCUT2D eigenvalue weighted by Gasteiger charge is -2.29. The molecule has 0 aromatic heterocycles. The van der Waals surface area contributed by atoms with Crippen LogP contribution in [0.3, 0.4) is 0 Å². The highest BCUT2D eigenvalue weighted by molar-refractivity contribution is 5.82. The lowest BCUT2D eigenvalue weighted by molar-refractivity contribution is -0.125. The third kappa shape index (κ3) is 3.27. The molecule has 1 fully saturated rings. The van der Waals surface area contributed by atoms with Gasteiger partial charge < -0.3 is 15.7 Å². The largest absolute Gasteiger partial charge is 0.392 e. The van der Waals surface area contributed by atoms with E-state index in [-0.39, 0.29) is 11.9 Å². The number of hydrogen-bond donors (Lipinski definition) is 3. The minimum absolute atomic E-state index is 0.0121. The molecule has 4 heteroatoms. The van der Waals surface area contributed by atoms with Gasteiger partial charge in [0.2, 0.25) is 5.91 Å². The van der Waals surface area contributed by atoms with Gasteiger partial charge >= 0.3 is 0 Å². The molecule has 0 aliphatic carbocycles. The number of amides is 1. The molecule has 3 N–H and O–H groups in total. The first-order chi connectivity index (χ1) is 6.61. The van der Waals surface area contributed by atoms with Crippen molar-refractivity contribution in [2.45, 2.75) is 38.8 Å². The van der Waals surface area contributed by atoms with Crippen LogP contribution in [-0.2, 0) is 4.79 Å². The molecule has 14 heavy (non-hydrogen) atoms. The Morgan fingerprint density at radius 2 is 2.43 bits per heavy atom. The summed E-state index contributed by atoms with van der Waals surface area (Å²) in [7, 11) is 0. The van der Waals surface area contributed by atoms with Crippen LogP contribution >= 0.6 is 0 Å². The van der Waals surface area contributed by atoms with Crippen LogP contribution < -0.4 is 10.6 Å². The van der Waals surface area contributed by atoms with Crippen LogP contribution in [0.2, 0.25) is 0 Å². The summed E-state index contributed by atoms with van der Waals surface area (Å²) < 4.78 is 0. The Kier molecular flexibility index (Phi) is 4.35. The fourth-order valence-electron chi connectivity index (χ4n) is 1.76. The van der Waals surface area contributed by atoms with Crippen molar-refractivity contribution in [2.24, 2.45) is 5.92 Å². The molecule has 1 heterocycles. The van der Waals surface area contributed by atoms with Gasteiger partial charge in [-0.3, -0.25) is 4.79 Å². The Balaban J connectivity index is 2.34. The maximum Gasteiger partial charge on any atom is 0.237 e. The van der Waals surface area contributed by atoms with E-state index in [2.05, 4.69) is 17.6 Å². The maximum atomic E-state index is 11.6. The van der Waals surface area contributed by atoms with Gasteiger partial charge in [0.15, 0.2) is 0 Å². The molecule has 4 nitrogen and oxygen atoms in total. The van der Waals surface area contributed by atoms with Gasteiger partial charge in [0.25, 0.3) is 0 Å². The summed E-state index contributed by atoms with van der Waals surface area (Å²) in [6.07, 6.45) is 1.76. The zero-order chi connectivity index (χ0) is 10.6. The molecule has 0 spiro atoms. The first-order valence-electron chi connectivity index (χ1n) is 5.30. The third-order valence-corrected chi connectivity index (χ3v) is 2.62. The standard InChI is InChI=1S/C10H20N2O2/c1-7-4-3-5-11-9(7)10(14)12-6-8(2)13/h7-9,11,13H,3-6H2,1-2H3,(H,12,14)/t7?,8-,9?/m0/s1. The van der Waals surface area contributed by atoms with E-state index in [0.29, 0.717) is 12.5 Å². The zero-order valence-corrected chi connectivity index (χ0v) is 8.92. The van der Waals surface area contributed by atoms with Crippen LogP contribution in [0.1, 0.15) is 26.7 Å². The molecule has 0 aromatic carbocycles. The average Bonchev–Trinajstić information content (AvgIpc) is 2.15. The Morgan fingerprint density at radius 3 is 3.00 bits per heavy atom. The summed E-state index contributed by atoms with van der Waals surface area (Å²) in [5.41, 5.74) is 0. The number of piperidine rings is 1. The van der Waals surface area contributed by atoms with Gasteiger partial charge in [-0.25, -0.2) is 0 Å². The van der Waals surface area contributed by atoms with Crippen molar-refractivity contribution in [1.29, 1.82) is 0 Å². The van der Waals surface area contributed by atoms with Crippen LogP contribution in [-0.4, -0.2) is 36.2 Å². The van der Waals surface area contributed by atoms with Gasteiger partial charge in [-0.1, -0.05) is 6.92 Å². The summed E-state index contributed by atoms with van der Waals surface area (Å²) in [6, 6.07) is -0.0810. The number of aliphatic hydroxyl groups is 1. The molecule has 1 rings (SSSR count). The van der Waals surface area contributed by atoms with E-state index in [0.717, 1.165) is 19.4 Å². The van der Waals surface area contributed by atoms with E-state index in [1.54, 1.807) is 6.92 Å². The molecule has 0 radical (unpaired) electrons. The first-order valence-corrected chi connectivity index (χ1v) is 5.30. The predicted molar refractivity (Wildman–Crippen MR) is 54.9 cm³/mol. The van der Waals surface area contributed by atoms with Crippen molar-refractivity contribution in [3.63, 3.8) is 0 Å². The van der Waals surface area contributed by atoms with E-state index in [1.165, 1.54) is 0 Å². The molecule has 0 saturated carbocycles. The summed E-state index contributed by atoms with van der Waals surface area (Å²) in [5.74, 6) is 0.399. The highest BCUT2D eigenvalue weighted by Crippen LogP contribution is 2.15. The lowest BCUT2D eigenvalue weighted by Crippen LogP contribution is -2.51. The number of carbonyl (C=O) groups excluding carboxylic acids is 1. The molecule has 1 aliphatic rings. The van der Waals surface area contributed by atoms with Crippen molar-refractivity contribution in [3.05, 3.63) is 0 Å². The Morgan fingerprint density at radius 1 is 1.71 bits per heavy atom. The molecule has 1 aliphatic heterocycles. The predicted octanol–water partition coefficient (Wildman–Crippen LogP) is -0.128. The Hall–Kier alpha value is -0.610. The van der Waals surface area contributed by atoms with Crippen molar-refractivity contribution >= 4 is 5.91 Å². The summed E-state index contributed by atoms with van der Waals surface area (Å²) >= 11 is 0. The number of carbonyl (C=O) groups is 1. The van der Waals surface area contributed by atoms with Crippen LogP contribution in [0, 0.1) is 5.92 Å². The molecule has 0 bridgehead atoms. The second kappa shape index (κ2) is 5.32. The monoisotopic (exact) mass is 200 g/mol. The van der Waals surface area contributed by atoms with Crippen molar-refractivity contribution in [2.75, 3.05) is 13.1 Å². The van der Waals surface area contributed by atoms with Crippen LogP contribution in [0.25, 0.3) is 0 Å². The van der Waals surface area contributed by atoms with Crippen molar-refractivity contribution in [3.8, 4) is 0 Å². The second-order valence-electron chi connectivity index (χ2n) is 4.15. The minimum Gasteiger partial charge on any atom is -0.392 e. The maximum absolute atomic E-state index is 11.6. The molecule has 0 aromatic rings. The summed E-state index contributed by atoms with van der Waals surface area (Å²) in [4.78, 5) is 11.6. The molecular weight excluding hydrogens is 180 g/mol. The molecule has 3 atom stereocenters. The molecule has 2 unspecified atom stereocenters. The van der Waals surface area contributed by atoms with Gasteiger partial charge in [-0.05, 0) is 32.2 Å². The molecule has 1 amide bonds. The van der Waals surface area contributed by atoms with E-state index in [9.17, 15) is 4.79 Å². The number of aliphatic hydroxyl groups excluding tert-OH is 1. The zero-order valence-electron chi connectivity index (χ0n) is 8.92. The number of nitrogens with one attached hydrogen (secondary N) is 2. The topological polar surface area (TPSA) is 61.4 Å². The van der Waals surface area contributed by atoms with Crippen molar-refractivity contribution in [1.82, 2.24) is 10.6 Å². The van der Waals surface area contributed by atoms with Crippen molar-refractivity contribution < 1.29 is 9.90 Å². The molecule has 1 saturated heterocycles. The van der Waals surface area contributed by atoms with Crippen LogP contribution in [0.5, 0.6) is 0 Å². The quantitative estimate of drug-likeness (QED) is 0.595. The summed E-state index contributed by atoms with van der Waals surface area (Å²) in [6.45, 7) is 5.00. The van der Waals surface area contributed by atoms with E-state index in [1.807, 2.05) is 0 Å². The van der Waals surface area contributed by atoms with E-state index >= 15 is 0 Å². The minimum atomic E-state index is -0.474. The van der Waals surface area contributed by atoms with E-state index in [4.69, 9.17) is 5.11 Å². The first kappa shape index (κ1) is 11.5. The molecular formula is C10H20N2O2. The normalized spacial score (nSPS) is 29.6. The van der Waals surface area contributed by atoms with Gasteiger partial charge in [0.05, 0.1) is 12.1 Å². The van der Waals surface area contributed by atoms with Gasteiger partial charge in [0, 0.05) is 6.54 Å². The Bertz CT molecular complexity index is 195. The highest BCUT2D eigenvalue weighted by atomic mass is 16.3. The van der Waals surface area contributed by atoms with Gasteiger partial charge in [0.1, 0.15) is 0 Å².